The summed E-state index contributed by atoms with van der Waals surface area (Å²) in [6, 6.07) is 0. The molecule has 0 unspecified atom stereocenters. The van der Waals surface area contributed by atoms with Crippen molar-refractivity contribution in [1.82, 2.24) is 0 Å². The van der Waals surface area contributed by atoms with Gasteiger partial charge >= 0.3 is 0 Å². The average molecular weight is 300 g/mol. The van der Waals surface area contributed by atoms with E-state index in [9.17, 15) is 9.90 Å². The smallest absolute Gasteiger partial charge is 0.162 e. The van der Waals surface area contributed by atoms with Crippen LogP contribution < -0.4 is 0 Å². The molecule has 0 aromatic rings. The van der Waals surface area contributed by atoms with Crippen LogP contribution in [0, 0.1) is 28.6 Å². The molecule has 2 fully saturated rings. The highest BCUT2D eigenvalue weighted by atomic mass is 16.3. The number of hydrogen-bond donors (Lipinski definition) is 1. The van der Waals surface area contributed by atoms with E-state index in [4.69, 9.17) is 0 Å². The zero-order valence-corrected chi connectivity index (χ0v) is 14.1. The molecule has 0 spiro atoms. The zero-order valence-electron chi connectivity index (χ0n) is 14.1. The lowest BCUT2D eigenvalue weighted by molar-refractivity contribution is -0.117. The van der Waals surface area contributed by atoms with Gasteiger partial charge in [-0.3, -0.25) is 4.79 Å². The fourth-order valence-corrected chi connectivity index (χ4v) is 6.49. The SMILES string of the molecule is C=C1C(=O)[C@H]2CC3=C([C@@H]1C2)[C@@]1(C)[C@H](CC3)C(C)(C)CC[C@@H]1O. The van der Waals surface area contributed by atoms with E-state index in [1.54, 1.807) is 0 Å². The predicted molar refractivity (Wildman–Crippen MR) is 87.2 cm³/mol. The summed E-state index contributed by atoms with van der Waals surface area (Å²) in [5, 5.41) is 11.0. The third-order valence-corrected chi connectivity index (χ3v) is 7.59. The van der Waals surface area contributed by atoms with Gasteiger partial charge in [-0.1, -0.05) is 38.5 Å². The Balaban J connectivity index is 1.87. The number of ketones is 1. The number of aliphatic hydroxyl groups excluding tert-OH is 1. The van der Waals surface area contributed by atoms with Crippen molar-refractivity contribution < 1.29 is 9.90 Å². The maximum atomic E-state index is 12.4. The van der Waals surface area contributed by atoms with Gasteiger partial charge < -0.3 is 5.11 Å². The van der Waals surface area contributed by atoms with Crippen LogP contribution in [0.25, 0.3) is 0 Å². The number of carbonyl (C=O) groups is 1. The minimum absolute atomic E-state index is 0.154. The summed E-state index contributed by atoms with van der Waals surface area (Å²) in [6.45, 7) is 11.2. The van der Waals surface area contributed by atoms with Crippen LogP contribution in [0.4, 0.5) is 0 Å². The van der Waals surface area contributed by atoms with Crippen molar-refractivity contribution in [2.75, 3.05) is 0 Å². The molecule has 0 radical (unpaired) electrons. The molecule has 2 bridgehead atoms. The molecule has 1 N–H and O–H groups in total. The summed E-state index contributed by atoms with van der Waals surface area (Å²) in [6.07, 6.45) is 5.89. The van der Waals surface area contributed by atoms with Crippen molar-refractivity contribution in [3.05, 3.63) is 23.3 Å². The molecule has 0 amide bonds. The lowest BCUT2D eigenvalue weighted by Crippen LogP contribution is -2.54. The molecular formula is C20H28O2. The molecule has 0 aliphatic heterocycles. The standard InChI is InChI=1S/C20H28O2/c1-11-14-10-13(18(11)22)9-12-5-6-15-19(2,3)8-7-16(21)20(15,4)17(12)14/h13-16,21H,1,5-10H2,2-4H3/t13-,14+,15+,16-,20-/m0/s1. The maximum Gasteiger partial charge on any atom is 0.162 e. The van der Waals surface area contributed by atoms with Crippen molar-refractivity contribution >= 4 is 5.78 Å². The van der Waals surface area contributed by atoms with Gasteiger partial charge in [-0.2, -0.15) is 0 Å². The second-order valence-corrected chi connectivity index (χ2v) is 9.01. The Kier molecular flexibility index (Phi) is 2.90. The van der Waals surface area contributed by atoms with Crippen LogP contribution in [0.5, 0.6) is 0 Å². The van der Waals surface area contributed by atoms with Crippen molar-refractivity contribution in [1.29, 1.82) is 0 Å². The number of carbonyl (C=O) groups excluding carboxylic acids is 1. The first-order valence-corrected chi connectivity index (χ1v) is 8.90. The minimum Gasteiger partial charge on any atom is -0.392 e. The van der Waals surface area contributed by atoms with Gasteiger partial charge in [0.1, 0.15) is 0 Å². The van der Waals surface area contributed by atoms with Crippen molar-refractivity contribution in [2.45, 2.75) is 65.4 Å². The molecule has 4 aliphatic carbocycles. The first kappa shape index (κ1) is 14.7. The number of aliphatic hydroxyl groups is 1. The fourth-order valence-electron chi connectivity index (χ4n) is 6.49. The van der Waals surface area contributed by atoms with Gasteiger partial charge in [0.25, 0.3) is 0 Å². The molecule has 0 aromatic heterocycles. The minimum atomic E-state index is -0.268. The van der Waals surface area contributed by atoms with Gasteiger partial charge in [0.05, 0.1) is 6.10 Å². The third kappa shape index (κ3) is 1.62. The molecule has 0 aromatic carbocycles. The van der Waals surface area contributed by atoms with E-state index in [2.05, 4.69) is 27.4 Å². The maximum absolute atomic E-state index is 12.4. The summed E-state index contributed by atoms with van der Waals surface area (Å²) >= 11 is 0. The Labute approximate surface area is 133 Å². The Morgan fingerprint density at radius 3 is 2.68 bits per heavy atom. The van der Waals surface area contributed by atoms with Gasteiger partial charge in [-0.15, -0.1) is 0 Å². The quantitative estimate of drug-likeness (QED) is 0.541. The van der Waals surface area contributed by atoms with E-state index >= 15 is 0 Å². The van der Waals surface area contributed by atoms with E-state index in [0.717, 1.165) is 37.7 Å². The molecule has 0 heterocycles. The molecule has 2 nitrogen and oxygen atoms in total. The number of rotatable bonds is 0. The molecule has 4 rings (SSSR count). The summed E-state index contributed by atoms with van der Waals surface area (Å²) in [5.74, 6) is 1.22. The summed E-state index contributed by atoms with van der Waals surface area (Å²) < 4.78 is 0. The monoisotopic (exact) mass is 300 g/mol. The van der Waals surface area contributed by atoms with Crippen LogP contribution in [0.2, 0.25) is 0 Å². The Hall–Kier alpha value is -0.890. The number of allylic oxidation sites excluding steroid dienone is 2. The summed E-state index contributed by atoms with van der Waals surface area (Å²) in [4.78, 5) is 12.4. The Morgan fingerprint density at radius 1 is 1.23 bits per heavy atom. The predicted octanol–water partition coefficient (Wildman–Crippen LogP) is 4.05. The fraction of sp³-hybridized carbons (Fsp3) is 0.750. The van der Waals surface area contributed by atoms with Crippen LogP contribution in [0.1, 0.15) is 59.3 Å². The Bertz CT molecular complexity index is 597. The van der Waals surface area contributed by atoms with E-state index in [1.165, 1.54) is 17.6 Å². The van der Waals surface area contributed by atoms with Crippen LogP contribution in [0.3, 0.4) is 0 Å². The lowest BCUT2D eigenvalue weighted by Gasteiger charge is -2.59. The first-order valence-electron chi connectivity index (χ1n) is 8.90. The molecule has 2 heteroatoms. The van der Waals surface area contributed by atoms with Gasteiger partial charge in [0.15, 0.2) is 5.78 Å². The molecule has 4 aliphatic rings. The molecule has 120 valence electrons. The average Bonchev–Trinajstić information content (AvgIpc) is 2.68. The van der Waals surface area contributed by atoms with Crippen molar-refractivity contribution in [3.8, 4) is 0 Å². The molecular weight excluding hydrogens is 272 g/mol. The van der Waals surface area contributed by atoms with Crippen molar-refractivity contribution in [3.63, 3.8) is 0 Å². The molecule has 2 saturated carbocycles. The summed E-state index contributed by atoms with van der Waals surface area (Å²) in [7, 11) is 0. The highest BCUT2D eigenvalue weighted by Gasteiger charge is 2.59. The van der Waals surface area contributed by atoms with Gasteiger partial charge in [-0.05, 0) is 55.4 Å². The highest BCUT2D eigenvalue weighted by molar-refractivity contribution is 6.01. The third-order valence-electron chi connectivity index (χ3n) is 7.59. The number of hydrogen-bond acceptors (Lipinski definition) is 2. The second kappa shape index (κ2) is 4.35. The van der Waals surface area contributed by atoms with E-state index in [-0.39, 0.29) is 28.8 Å². The van der Waals surface area contributed by atoms with Gasteiger partial charge in [-0.25, -0.2) is 0 Å². The first-order chi connectivity index (χ1) is 10.3. The number of fused-ring (bicyclic) bond motifs is 5. The molecule has 0 saturated heterocycles. The van der Waals surface area contributed by atoms with E-state index < -0.39 is 0 Å². The summed E-state index contributed by atoms with van der Waals surface area (Å²) in [5.41, 5.74) is 3.86. The zero-order chi connectivity index (χ0) is 15.9. The normalized spacial score (nSPS) is 46.5. The van der Waals surface area contributed by atoms with Gasteiger partial charge in [0, 0.05) is 17.3 Å². The van der Waals surface area contributed by atoms with E-state index in [1.807, 2.05) is 0 Å². The second-order valence-electron chi connectivity index (χ2n) is 9.01. The van der Waals surface area contributed by atoms with Gasteiger partial charge in [0.2, 0.25) is 0 Å². The molecule has 22 heavy (non-hydrogen) atoms. The van der Waals surface area contributed by atoms with Crippen LogP contribution in [-0.4, -0.2) is 17.0 Å². The van der Waals surface area contributed by atoms with Crippen molar-refractivity contribution in [2.24, 2.45) is 28.6 Å². The van der Waals surface area contributed by atoms with Crippen LogP contribution in [-0.2, 0) is 4.79 Å². The largest absolute Gasteiger partial charge is 0.392 e. The van der Waals surface area contributed by atoms with Crippen LogP contribution >= 0.6 is 0 Å². The lowest BCUT2D eigenvalue weighted by atomic mass is 9.46. The number of Topliss-reactive ketones (excluding diaryl/α,β-unsaturated/α-hetero) is 1. The van der Waals surface area contributed by atoms with E-state index in [0.29, 0.717) is 11.7 Å². The Morgan fingerprint density at radius 2 is 1.95 bits per heavy atom. The van der Waals surface area contributed by atoms with Crippen LogP contribution in [0.15, 0.2) is 23.3 Å². The topological polar surface area (TPSA) is 37.3 Å². The highest BCUT2D eigenvalue weighted by Crippen LogP contribution is 2.65. The molecule has 5 atom stereocenters.